The molecule has 13 heavy (non-hydrogen) atoms. The normalized spacial score (nSPS) is 9.92. The fourth-order valence-corrected chi connectivity index (χ4v) is 1.16. The molecule has 0 bridgehead atoms. The van der Waals surface area contributed by atoms with Crippen molar-refractivity contribution in [1.82, 2.24) is 5.32 Å². The van der Waals surface area contributed by atoms with Crippen molar-refractivity contribution >= 4 is 6.29 Å². The highest BCUT2D eigenvalue weighted by Gasteiger charge is 1.92. The van der Waals surface area contributed by atoms with Gasteiger partial charge in [-0.3, -0.25) is 0 Å². The van der Waals surface area contributed by atoms with E-state index in [0.717, 1.165) is 24.9 Å². The van der Waals surface area contributed by atoms with Gasteiger partial charge in [0.2, 0.25) is 0 Å². The molecule has 0 atom stereocenters. The number of carbonyl (C=O) groups is 1. The number of benzene rings is 1. The fraction of sp³-hybridized carbons (Fsp3) is 0.364. The summed E-state index contributed by atoms with van der Waals surface area (Å²) < 4.78 is 0. The topological polar surface area (TPSA) is 29.1 Å². The summed E-state index contributed by atoms with van der Waals surface area (Å²) in [4.78, 5) is 10.2. The molecular formula is C11H15NO. The first-order valence-electron chi connectivity index (χ1n) is 4.59. The van der Waals surface area contributed by atoms with E-state index in [1.54, 1.807) is 0 Å². The molecule has 0 heterocycles. The second-order valence-electron chi connectivity index (χ2n) is 2.97. The maximum absolute atomic E-state index is 10.2. The van der Waals surface area contributed by atoms with Gasteiger partial charge >= 0.3 is 0 Å². The third-order valence-corrected chi connectivity index (χ3v) is 1.92. The van der Waals surface area contributed by atoms with Gasteiger partial charge < -0.3 is 10.1 Å². The average Bonchev–Trinajstić information content (AvgIpc) is 2.17. The van der Waals surface area contributed by atoms with Crippen molar-refractivity contribution in [1.29, 1.82) is 0 Å². The summed E-state index contributed by atoms with van der Waals surface area (Å²) in [5.74, 6) is 0. The van der Waals surface area contributed by atoms with Gasteiger partial charge in [-0.15, -0.1) is 0 Å². The van der Waals surface area contributed by atoms with Crippen LogP contribution in [-0.4, -0.2) is 12.8 Å². The number of nitrogens with one attached hydrogen (secondary N) is 1. The molecule has 1 rings (SSSR count). The van der Waals surface area contributed by atoms with Gasteiger partial charge in [0, 0.05) is 13.0 Å². The van der Waals surface area contributed by atoms with Gasteiger partial charge in [0.25, 0.3) is 0 Å². The Balaban J connectivity index is 2.53. The molecule has 1 N–H and O–H groups in total. The van der Waals surface area contributed by atoms with Crippen LogP contribution in [-0.2, 0) is 17.8 Å². The van der Waals surface area contributed by atoms with E-state index in [0.29, 0.717) is 6.42 Å². The Bertz CT molecular complexity index is 253. The molecule has 0 fully saturated rings. The first-order valence-corrected chi connectivity index (χ1v) is 4.59. The number of hydrogen-bond acceptors (Lipinski definition) is 2. The van der Waals surface area contributed by atoms with Gasteiger partial charge in [-0.25, -0.2) is 0 Å². The van der Waals surface area contributed by atoms with Crippen molar-refractivity contribution in [3.8, 4) is 0 Å². The van der Waals surface area contributed by atoms with Crippen LogP contribution in [0.1, 0.15) is 18.1 Å². The summed E-state index contributed by atoms with van der Waals surface area (Å²) in [5, 5.41) is 3.25. The lowest BCUT2D eigenvalue weighted by Crippen LogP contribution is -2.11. The zero-order valence-corrected chi connectivity index (χ0v) is 7.92. The Morgan fingerprint density at radius 1 is 1.23 bits per heavy atom. The van der Waals surface area contributed by atoms with Crippen LogP contribution in [0.25, 0.3) is 0 Å². The van der Waals surface area contributed by atoms with E-state index < -0.39 is 0 Å². The molecule has 0 aliphatic heterocycles. The maximum Gasteiger partial charge on any atom is 0.124 e. The summed E-state index contributed by atoms with van der Waals surface area (Å²) in [5.41, 5.74) is 2.34. The quantitative estimate of drug-likeness (QED) is 0.691. The van der Waals surface area contributed by atoms with Crippen LogP contribution >= 0.6 is 0 Å². The van der Waals surface area contributed by atoms with Crippen molar-refractivity contribution in [3.63, 3.8) is 0 Å². The van der Waals surface area contributed by atoms with Crippen LogP contribution in [0.5, 0.6) is 0 Å². The van der Waals surface area contributed by atoms with Crippen LogP contribution in [0.15, 0.2) is 24.3 Å². The highest BCUT2D eigenvalue weighted by molar-refractivity contribution is 5.54. The van der Waals surface area contributed by atoms with Crippen LogP contribution in [0.3, 0.4) is 0 Å². The zero-order valence-electron chi connectivity index (χ0n) is 7.92. The van der Waals surface area contributed by atoms with Gasteiger partial charge in [0.15, 0.2) is 0 Å². The molecular weight excluding hydrogens is 162 g/mol. The van der Waals surface area contributed by atoms with Crippen molar-refractivity contribution in [2.75, 3.05) is 6.54 Å². The van der Waals surface area contributed by atoms with E-state index in [4.69, 9.17) is 0 Å². The van der Waals surface area contributed by atoms with Gasteiger partial charge in [-0.1, -0.05) is 31.2 Å². The second-order valence-corrected chi connectivity index (χ2v) is 2.97. The SMILES string of the molecule is CCNCc1ccc(CC=O)cc1. The molecule has 0 unspecified atom stereocenters. The Morgan fingerprint density at radius 3 is 2.38 bits per heavy atom. The van der Waals surface area contributed by atoms with E-state index in [9.17, 15) is 4.79 Å². The molecule has 0 spiro atoms. The summed E-state index contributed by atoms with van der Waals surface area (Å²) in [6.07, 6.45) is 1.45. The van der Waals surface area contributed by atoms with E-state index in [1.807, 2.05) is 12.1 Å². The molecule has 0 saturated heterocycles. The largest absolute Gasteiger partial charge is 0.313 e. The molecule has 70 valence electrons. The van der Waals surface area contributed by atoms with Crippen molar-refractivity contribution in [2.24, 2.45) is 0 Å². The molecule has 0 aliphatic rings. The molecule has 0 radical (unpaired) electrons. The molecule has 1 aromatic rings. The Hall–Kier alpha value is -1.15. The van der Waals surface area contributed by atoms with Crippen molar-refractivity contribution < 1.29 is 4.79 Å². The summed E-state index contributed by atoms with van der Waals surface area (Å²) in [7, 11) is 0. The fourth-order valence-electron chi connectivity index (χ4n) is 1.16. The Labute approximate surface area is 79.0 Å². The minimum Gasteiger partial charge on any atom is -0.313 e. The lowest BCUT2D eigenvalue weighted by Gasteiger charge is -2.02. The first-order chi connectivity index (χ1) is 6.36. The smallest absolute Gasteiger partial charge is 0.124 e. The van der Waals surface area contributed by atoms with Crippen molar-refractivity contribution in [2.45, 2.75) is 19.9 Å². The number of aldehydes is 1. The third-order valence-electron chi connectivity index (χ3n) is 1.92. The highest BCUT2D eigenvalue weighted by atomic mass is 16.1. The Morgan fingerprint density at radius 2 is 1.85 bits per heavy atom. The first kappa shape index (κ1) is 9.93. The standard InChI is InChI=1S/C11H15NO/c1-2-12-9-11-5-3-10(4-6-11)7-8-13/h3-6,8,12H,2,7,9H2,1H3. The molecule has 0 aromatic heterocycles. The summed E-state index contributed by atoms with van der Waals surface area (Å²) in [6, 6.07) is 8.12. The van der Waals surface area contributed by atoms with Crippen LogP contribution in [0.2, 0.25) is 0 Å². The lowest BCUT2D eigenvalue weighted by molar-refractivity contribution is -0.107. The predicted molar refractivity (Wildman–Crippen MR) is 53.6 cm³/mol. The van der Waals surface area contributed by atoms with E-state index in [-0.39, 0.29) is 0 Å². The van der Waals surface area contributed by atoms with E-state index in [1.165, 1.54) is 5.56 Å². The monoisotopic (exact) mass is 177 g/mol. The zero-order chi connectivity index (χ0) is 9.52. The van der Waals surface area contributed by atoms with Crippen LogP contribution in [0.4, 0.5) is 0 Å². The highest BCUT2D eigenvalue weighted by Crippen LogP contribution is 2.03. The number of rotatable bonds is 5. The lowest BCUT2D eigenvalue weighted by atomic mass is 10.1. The Kier molecular flexibility index (Phi) is 4.19. The second kappa shape index (κ2) is 5.49. The minimum absolute atomic E-state index is 0.515. The molecule has 2 heteroatoms. The number of hydrogen-bond donors (Lipinski definition) is 1. The minimum atomic E-state index is 0.515. The van der Waals surface area contributed by atoms with Crippen molar-refractivity contribution in [3.05, 3.63) is 35.4 Å². The van der Waals surface area contributed by atoms with Gasteiger partial charge in [-0.2, -0.15) is 0 Å². The molecule has 0 saturated carbocycles. The van der Waals surface area contributed by atoms with Gasteiger partial charge in [0.05, 0.1) is 0 Å². The van der Waals surface area contributed by atoms with Crippen LogP contribution in [0, 0.1) is 0 Å². The molecule has 0 aliphatic carbocycles. The van der Waals surface area contributed by atoms with Crippen LogP contribution < -0.4 is 5.32 Å². The average molecular weight is 177 g/mol. The van der Waals surface area contributed by atoms with Gasteiger partial charge in [0.1, 0.15) is 6.29 Å². The molecule has 0 amide bonds. The summed E-state index contributed by atoms with van der Waals surface area (Å²) in [6.45, 7) is 3.97. The summed E-state index contributed by atoms with van der Waals surface area (Å²) >= 11 is 0. The molecule has 2 nitrogen and oxygen atoms in total. The van der Waals surface area contributed by atoms with E-state index in [2.05, 4.69) is 24.4 Å². The molecule has 1 aromatic carbocycles. The number of carbonyl (C=O) groups excluding carboxylic acids is 1. The van der Waals surface area contributed by atoms with Gasteiger partial charge in [-0.05, 0) is 17.7 Å². The maximum atomic E-state index is 10.2. The van der Waals surface area contributed by atoms with E-state index >= 15 is 0 Å². The predicted octanol–water partition coefficient (Wildman–Crippen LogP) is 1.54. The third kappa shape index (κ3) is 3.38.